The van der Waals surface area contributed by atoms with Gasteiger partial charge in [0, 0.05) is 19.1 Å². The maximum absolute atomic E-state index is 11.8. The molecule has 1 N–H and O–H groups in total. The predicted octanol–water partition coefficient (Wildman–Crippen LogP) is 1.21. The normalized spacial score (nSPS) is 31.7. The Balaban J connectivity index is 1.76. The van der Waals surface area contributed by atoms with E-state index in [2.05, 4.69) is 15.0 Å². The summed E-state index contributed by atoms with van der Waals surface area (Å²) in [5.74, 6) is 0.611. The van der Waals surface area contributed by atoms with Gasteiger partial charge in [-0.05, 0) is 31.8 Å². The fraction of sp³-hybridized carbons (Fsp3) is 1.00. The molecular weight excluding hydrogens is 221 g/mol. The SMILES string of the molecule is FC(F)(F)OCCN1CCCC2CNCC21. The lowest BCUT2D eigenvalue weighted by Crippen LogP contribution is -2.46. The van der Waals surface area contributed by atoms with Gasteiger partial charge in [0.1, 0.15) is 0 Å². The topological polar surface area (TPSA) is 24.5 Å². The lowest BCUT2D eigenvalue weighted by molar-refractivity contribution is -0.325. The maximum atomic E-state index is 11.8. The Morgan fingerprint density at radius 1 is 1.31 bits per heavy atom. The molecule has 0 bridgehead atoms. The van der Waals surface area contributed by atoms with Gasteiger partial charge in [-0.25, -0.2) is 0 Å². The zero-order chi connectivity index (χ0) is 11.6. The first kappa shape index (κ1) is 12.1. The van der Waals surface area contributed by atoms with E-state index in [-0.39, 0.29) is 6.61 Å². The third-order valence-electron chi connectivity index (χ3n) is 3.44. The fourth-order valence-corrected chi connectivity index (χ4v) is 2.72. The van der Waals surface area contributed by atoms with Gasteiger partial charge in [0.2, 0.25) is 0 Å². The van der Waals surface area contributed by atoms with Crippen LogP contribution >= 0.6 is 0 Å². The average molecular weight is 238 g/mol. The van der Waals surface area contributed by atoms with Crippen molar-refractivity contribution in [2.24, 2.45) is 5.92 Å². The first-order chi connectivity index (χ1) is 7.56. The van der Waals surface area contributed by atoms with Crippen molar-refractivity contribution in [2.45, 2.75) is 25.2 Å². The molecule has 2 saturated heterocycles. The van der Waals surface area contributed by atoms with Crippen LogP contribution < -0.4 is 5.32 Å². The second kappa shape index (κ2) is 4.89. The highest BCUT2D eigenvalue weighted by Gasteiger charge is 2.35. The summed E-state index contributed by atoms with van der Waals surface area (Å²) >= 11 is 0. The van der Waals surface area contributed by atoms with Gasteiger partial charge in [0.05, 0.1) is 6.61 Å². The number of nitrogens with one attached hydrogen (secondary N) is 1. The molecule has 0 aliphatic carbocycles. The van der Waals surface area contributed by atoms with Crippen molar-refractivity contribution in [3.05, 3.63) is 0 Å². The number of alkyl halides is 3. The molecule has 6 heteroatoms. The van der Waals surface area contributed by atoms with E-state index in [0.717, 1.165) is 26.1 Å². The Morgan fingerprint density at radius 2 is 2.12 bits per heavy atom. The zero-order valence-electron chi connectivity index (χ0n) is 9.09. The molecule has 2 aliphatic heterocycles. The van der Waals surface area contributed by atoms with Crippen molar-refractivity contribution in [3.8, 4) is 0 Å². The van der Waals surface area contributed by atoms with Gasteiger partial charge in [-0.15, -0.1) is 13.2 Å². The molecular formula is C10H17F3N2O. The monoisotopic (exact) mass is 238 g/mol. The Hall–Kier alpha value is -0.330. The van der Waals surface area contributed by atoms with E-state index in [0.29, 0.717) is 18.5 Å². The second-order valence-electron chi connectivity index (χ2n) is 4.46. The Kier molecular flexibility index (Phi) is 3.71. The van der Waals surface area contributed by atoms with E-state index < -0.39 is 6.36 Å². The molecule has 0 saturated carbocycles. The highest BCUT2D eigenvalue weighted by Crippen LogP contribution is 2.26. The van der Waals surface area contributed by atoms with E-state index in [9.17, 15) is 13.2 Å². The van der Waals surface area contributed by atoms with Crippen LogP contribution in [0.15, 0.2) is 0 Å². The minimum absolute atomic E-state index is 0.257. The molecule has 3 nitrogen and oxygen atoms in total. The predicted molar refractivity (Wildman–Crippen MR) is 53.0 cm³/mol. The van der Waals surface area contributed by atoms with E-state index >= 15 is 0 Å². The molecule has 94 valence electrons. The second-order valence-corrected chi connectivity index (χ2v) is 4.46. The quantitative estimate of drug-likeness (QED) is 0.799. The van der Waals surface area contributed by atoms with E-state index in [1.807, 2.05) is 0 Å². The van der Waals surface area contributed by atoms with Crippen molar-refractivity contribution >= 4 is 0 Å². The molecule has 0 aromatic heterocycles. The van der Waals surface area contributed by atoms with Crippen molar-refractivity contribution in [2.75, 3.05) is 32.8 Å². The van der Waals surface area contributed by atoms with Crippen LogP contribution in [-0.4, -0.2) is 50.1 Å². The van der Waals surface area contributed by atoms with Gasteiger partial charge >= 0.3 is 6.36 Å². The van der Waals surface area contributed by atoms with Crippen LogP contribution in [0.3, 0.4) is 0 Å². The summed E-state index contributed by atoms with van der Waals surface area (Å²) in [7, 11) is 0. The standard InChI is InChI=1S/C10H17F3N2O/c11-10(12,13)16-5-4-15-3-1-2-8-6-14-7-9(8)15/h8-9,14H,1-7H2. The highest BCUT2D eigenvalue weighted by atomic mass is 19.4. The van der Waals surface area contributed by atoms with Crippen molar-refractivity contribution in [3.63, 3.8) is 0 Å². The van der Waals surface area contributed by atoms with Gasteiger partial charge in [-0.3, -0.25) is 9.64 Å². The minimum atomic E-state index is -4.50. The van der Waals surface area contributed by atoms with E-state index in [1.165, 1.54) is 6.42 Å². The Bertz CT molecular complexity index is 235. The first-order valence-electron chi connectivity index (χ1n) is 5.72. The van der Waals surface area contributed by atoms with Crippen LogP contribution in [0.4, 0.5) is 13.2 Å². The molecule has 0 aromatic rings. The molecule has 0 radical (unpaired) electrons. The minimum Gasteiger partial charge on any atom is -0.315 e. The summed E-state index contributed by atoms with van der Waals surface area (Å²) in [6, 6.07) is 0.408. The van der Waals surface area contributed by atoms with Crippen LogP contribution in [0.25, 0.3) is 0 Å². The molecule has 16 heavy (non-hydrogen) atoms. The molecule has 2 rings (SSSR count). The number of rotatable bonds is 3. The van der Waals surface area contributed by atoms with Crippen molar-refractivity contribution < 1.29 is 17.9 Å². The molecule has 2 atom stereocenters. The average Bonchev–Trinajstić information content (AvgIpc) is 2.64. The summed E-state index contributed by atoms with van der Waals surface area (Å²) in [6.07, 6.45) is -2.23. The van der Waals surface area contributed by atoms with Gasteiger partial charge in [0.15, 0.2) is 0 Å². The van der Waals surface area contributed by atoms with Crippen LogP contribution in [0, 0.1) is 5.92 Å². The van der Waals surface area contributed by atoms with Gasteiger partial charge < -0.3 is 5.32 Å². The third kappa shape index (κ3) is 3.09. The molecule has 2 aliphatic rings. The number of hydrogen-bond acceptors (Lipinski definition) is 3. The third-order valence-corrected chi connectivity index (χ3v) is 3.44. The number of halogens is 3. The molecule has 2 fully saturated rings. The highest BCUT2D eigenvalue weighted by molar-refractivity contribution is 4.91. The molecule has 0 amide bonds. The molecule has 2 heterocycles. The van der Waals surface area contributed by atoms with Crippen LogP contribution in [0.1, 0.15) is 12.8 Å². The number of piperidine rings is 1. The van der Waals surface area contributed by atoms with Gasteiger partial charge in [0.25, 0.3) is 0 Å². The summed E-state index contributed by atoms with van der Waals surface area (Å²) in [4.78, 5) is 2.12. The summed E-state index contributed by atoms with van der Waals surface area (Å²) in [5, 5.41) is 3.30. The number of ether oxygens (including phenoxy) is 1. The maximum Gasteiger partial charge on any atom is 0.522 e. The molecule has 0 aromatic carbocycles. The zero-order valence-corrected chi connectivity index (χ0v) is 9.09. The lowest BCUT2D eigenvalue weighted by Gasteiger charge is -2.36. The number of likely N-dealkylation sites (tertiary alicyclic amines) is 1. The number of hydrogen-bond donors (Lipinski definition) is 1. The number of fused-ring (bicyclic) bond motifs is 1. The van der Waals surface area contributed by atoms with Crippen molar-refractivity contribution in [1.29, 1.82) is 0 Å². The lowest BCUT2D eigenvalue weighted by atomic mass is 9.92. The van der Waals surface area contributed by atoms with Crippen LogP contribution in [-0.2, 0) is 4.74 Å². The smallest absolute Gasteiger partial charge is 0.315 e. The van der Waals surface area contributed by atoms with Crippen LogP contribution in [0.5, 0.6) is 0 Å². The van der Waals surface area contributed by atoms with Gasteiger partial charge in [-0.1, -0.05) is 0 Å². The largest absolute Gasteiger partial charge is 0.522 e. The molecule has 2 unspecified atom stereocenters. The Morgan fingerprint density at radius 3 is 2.88 bits per heavy atom. The van der Waals surface area contributed by atoms with Crippen molar-refractivity contribution in [1.82, 2.24) is 10.2 Å². The molecule has 0 spiro atoms. The van der Waals surface area contributed by atoms with Crippen LogP contribution in [0.2, 0.25) is 0 Å². The first-order valence-corrected chi connectivity index (χ1v) is 5.72. The fourth-order valence-electron chi connectivity index (χ4n) is 2.72. The summed E-state index contributed by atoms with van der Waals surface area (Å²) < 4.78 is 39.3. The summed E-state index contributed by atoms with van der Waals surface area (Å²) in [5.41, 5.74) is 0. The van der Waals surface area contributed by atoms with E-state index in [1.54, 1.807) is 0 Å². The Labute approximate surface area is 92.9 Å². The van der Waals surface area contributed by atoms with Gasteiger partial charge in [-0.2, -0.15) is 0 Å². The summed E-state index contributed by atoms with van der Waals surface area (Å²) in [6.45, 7) is 2.91. The van der Waals surface area contributed by atoms with E-state index in [4.69, 9.17) is 0 Å². The number of nitrogens with zero attached hydrogens (tertiary/aromatic N) is 1.